The number of rotatable bonds is 8. The number of carboxylic acids is 1. The zero-order valence-electron chi connectivity index (χ0n) is 11.1. The van der Waals surface area contributed by atoms with Gasteiger partial charge in [-0.25, -0.2) is 17.9 Å². The van der Waals surface area contributed by atoms with Gasteiger partial charge in [0.05, 0.1) is 11.5 Å². The normalized spacial score (nSPS) is 13.3. The molecule has 7 nitrogen and oxygen atoms in total. The van der Waals surface area contributed by atoms with Gasteiger partial charge in [0.2, 0.25) is 10.0 Å². The van der Waals surface area contributed by atoms with Crippen LogP contribution in [0.5, 0.6) is 0 Å². The van der Waals surface area contributed by atoms with Crippen molar-refractivity contribution >= 4 is 27.3 Å². The third-order valence-electron chi connectivity index (χ3n) is 2.54. The van der Waals surface area contributed by atoms with Crippen molar-refractivity contribution in [2.24, 2.45) is 0 Å². The van der Waals surface area contributed by atoms with Gasteiger partial charge in [-0.2, -0.15) is 0 Å². The van der Waals surface area contributed by atoms with Gasteiger partial charge in [0.15, 0.2) is 0 Å². The van der Waals surface area contributed by atoms with Crippen molar-refractivity contribution in [3.05, 3.63) is 15.8 Å². The van der Waals surface area contributed by atoms with Crippen LogP contribution >= 0.6 is 11.3 Å². The van der Waals surface area contributed by atoms with Gasteiger partial charge >= 0.3 is 5.97 Å². The lowest BCUT2D eigenvalue weighted by Crippen LogP contribution is -2.38. The van der Waals surface area contributed by atoms with Gasteiger partial charge in [-0.05, 0) is 19.4 Å². The lowest BCUT2D eigenvalue weighted by molar-refractivity contribution is 0.0702. The Labute approximate surface area is 121 Å². The Morgan fingerprint density at radius 3 is 2.65 bits per heavy atom. The van der Waals surface area contributed by atoms with Gasteiger partial charge in [0, 0.05) is 24.6 Å². The lowest BCUT2D eigenvalue weighted by atomic mass is 10.2. The number of nitrogens with one attached hydrogen (secondary N) is 1. The molecule has 0 amide bonds. The average molecular weight is 323 g/mol. The zero-order chi connectivity index (χ0) is 15.3. The molecule has 9 heteroatoms. The van der Waals surface area contributed by atoms with Gasteiger partial charge in [0.1, 0.15) is 4.88 Å². The monoisotopic (exact) mass is 323 g/mol. The molecule has 1 heterocycles. The van der Waals surface area contributed by atoms with E-state index >= 15 is 0 Å². The lowest BCUT2D eigenvalue weighted by Gasteiger charge is -2.16. The van der Waals surface area contributed by atoms with Crippen LogP contribution in [0.3, 0.4) is 0 Å². The van der Waals surface area contributed by atoms with Crippen LogP contribution in [0.1, 0.15) is 21.0 Å². The highest BCUT2D eigenvalue weighted by Gasteiger charge is 2.25. The van der Waals surface area contributed by atoms with E-state index in [0.717, 1.165) is 17.4 Å². The first-order chi connectivity index (χ1) is 9.31. The third kappa shape index (κ3) is 4.25. The molecule has 0 saturated heterocycles. The van der Waals surface area contributed by atoms with Gasteiger partial charge in [-0.1, -0.05) is 0 Å². The fraction of sp³-hybridized carbons (Fsp3) is 0.545. The van der Waals surface area contributed by atoms with E-state index in [-0.39, 0.29) is 29.4 Å². The van der Waals surface area contributed by atoms with Crippen molar-refractivity contribution in [3.63, 3.8) is 0 Å². The minimum Gasteiger partial charge on any atom is -0.477 e. The molecule has 1 aromatic rings. The maximum Gasteiger partial charge on any atom is 0.345 e. The number of ether oxygens (including phenoxy) is 1. The maximum atomic E-state index is 12.2. The summed E-state index contributed by atoms with van der Waals surface area (Å²) >= 11 is 0.904. The summed E-state index contributed by atoms with van der Waals surface area (Å²) in [5.74, 6) is -1.16. The summed E-state index contributed by atoms with van der Waals surface area (Å²) in [6.45, 7) is 1.48. The summed E-state index contributed by atoms with van der Waals surface area (Å²) in [6, 6.07) is 0.565. The van der Waals surface area contributed by atoms with Crippen molar-refractivity contribution in [1.82, 2.24) is 4.72 Å². The average Bonchev–Trinajstić information content (AvgIpc) is 2.72. The van der Waals surface area contributed by atoms with Crippen LogP contribution < -0.4 is 4.72 Å². The number of sulfonamides is 1. The van der Waals surface area contributed by atoms with Crippen molar-refractivity contribution in [2.45, 2.75) is 24.3 Å². The second-order valence-electron chi connectivity index (χ2n) is 4.12. The summed E-state index contributed by atoms with van der Waals surface area (Å²) < 4.78 is 31.7. The summed E-state index contributed by atoms with van der Waals surface area (Å²) in [4.78, 5) is 11.2. The number of thiophene rings is 1. The van der Waals surface area contributed by atoms with Crippen molar-refractivity contribution in [1.29, 1.82) is 0 Å². The highest BCUT2D eigenvalue weighted by Crippen LogP contribution is 2.25. The fourth-order valence-corrected chi connectivity index (χ4v) is 4.34. The van der Waals surface area contributed by atoms with E-state index in [1.807, 2.05) is 0 Å². The molecule has 0 aliphatic rings. The summed E-state index contributed by atoms with van der Waals surface area (Å²) in [5, 5.41) is 17.8. The van der Waals surface area contributed by atoms with E-state index in [1.54, 1.807) is 6.92 Å². The predicted molar refractivity (Wildman–Crippen MR) is 73.7 cm³/mol. The number of carboxylic acid groups (broad SMARTS) is 1. The number of aliphatic hydroxyl groups is 1. The topological polar surface area (TPSA) is 113 Å². The summed E-state index contributed by atoms with van der Waals surface area (Å²) in [7, 11) is -2.41. The van der Waals surface area contributed by atoms with Crippen LogP contribution in [-0.4, -0.2) is 51.0 Å². The Balaban J connectivity index is 3.00. The number of methoxy groups -OCH3 is 1. The van der Waals surface area contributed by atoms with Crippen LogP contribution in [0.25, 0.3) is 0 Å². The van der Waals surface area contributed by atoms with E-state index in [9.17, 15) is 13.2 Å². The Hall–Kier alpha value is -1.00. The van der Waals surface area contributed by atoms with Crippen molar-refractivity contribution in [2.75, 3.05) is 20.3 Å². The number of aryl methyl sites for hydroxylation is 1. The largest absolute Gasteiger partial charge is 0.477 e. The van der Waals surface area contributed by atoms with Crippen molar-refractivity contribution in [3.8, 4) is 0 Å². The quantitative estimate of drug-likeness (QED) is 0.639. The predicted octanol–water partition coefficient (Wildman–Crippen LogP) is 0.430. The molecule has 0 aliphatic heterocycles. The first kappa shape index (κ1) is 17.1. The molecular formula is C11H17NO6S2. The zero-order valence-corrected chi connectivity index (χ0v) is 12.8. The molecular weight excluding hydrogens is 306 g/mol. The molecule has 0 aromatic carbocycles. The third-order valence-corrected chi connectivity index (χ3v) is 5.35. The number of hydrogen-bond acceptors (Lipinski definition) is 6. The van der Waals surface area contributed by atoms with Gasteiger partial charge in [-0.3, -0.25) is 0 Å². The van der Waals surface area contributed by atoms with Crippen molar-refractivity contribution < 1.29 is 28.2 Å². The molecule has 0 aliphatic carbocycles. The Morgan fingerprint density at radius 2 is 2.20 bits per heavy atom. The Morgan fingerprint density at radius 1 is 1.55 bits per heavy atom. The number of aromatic carboxylic acids is 1. The fourth-order valence-electron chi connectivity index (χ4n) is 1.65. The van der Waals surface area contributed by atoms with E-state index in [4.69, 9.17) is 14.9 Å². The van der Waals surface area contributed by atoms with Gasteiger partial charge in [0.25, 0.3) is 0 Å². The summed E-state index contributed by atoms with van der Waals surface area (Å²) in [6.07, 6.45) is 0.210. The van der Waals surface area contributed by atoms with Crippen LogP contribution in [0.15, 0.2) is 11.0 Å². The molecule has 0 fully saturated rings. The second kappa shape index (κ2) is 7.14. The molecule has 0 radical (unpaired) electrons. The van der Waals surface area contributed by atoms with Gasteiger partial charge < -0.3 is 14.9 Å². The molecule has 20 heavy (non-hydrogen) atoms. The highest BCUT2D eigenvalue weighted by molar-refractivity contribution is 7.89. The first-order valence-electron chi connectivity index (χ1n) is 5.77. The van der Waals surface area contributed by atoms with Gasteiger partial charge in [-0.15, -0.1) is 11.3 Å². The molecule has 0 bridgehead atoms. The van der Waals surface area contributed by atoms with Crippen LogP contribution in [-0.2, 0) is 14.8 Å². The SMILES string of the molecule is COCC(CCO)NS(=O)(=O)c1cc(C(=O)O)sc1C. The molecule has 0 spiro atoms. The van der Waals surface area contributed by atoms with Crippen LogP contribution in [0.4, 0.5) is 0 Å². The van der Waals surface area contributed by atoms with E-state index in [2.05, 4.69) is 4.72 Å². The molecule has 1 aromatic heterocycles. The van der Waals surface area contributed by atoms with E-state index in [0.29, 0.717) is 4.88 Å². The molecule has 114 valence electrons. The smallest absolute Gasteiger partial charge is 0.345 e. The number of hydrogen-bond donors (Lipinski definition) is 3. The first-order valence-corrected chi connectivity index (χ1v) is 8.07. The number of carbonyl (C=O) groups is 1. The second-order valence-corrected chi connectivity index (χ2v) is 7.06. The summed E-state index contributed by atoms with van der Waals surface area (Å²) in [5.41, 5.74) is 0. The minimum atomic E-state index is -3.84. The van der Waals surface area contributed by atoms with Crippen LogP contribution in [0, 0.1) is 6.92 Å². The molecule has 3 N–H and O–H groups in total. The molecule has 1 atom stereocenters. The van der Waals surface area contributed by atoms with E-state index in [1.165, 1.54) is 7.11 Å². The molecule has 1 unspecified atom stereocenters. The molecule has 0 saturated carbocycles. The Bertz CT molecular complexity index is 559. The standard InChI is InChI=1S/C11H17NO6S2/c1-7-10(5-9(19-7)11(14)15)20(16,17)12-8(3-4-13)6-18-2/h5,8,12-13H,3-4,6H2,1-2H3,(H,14,15). The van der Waals surface area contributed by atoms with Crippen LogP contribution in [0.2, 0.25) is 0 Å². The maximum absolute atomic E-state index is 12.2. The minimum absolute atomic E-state index is 0.0340. The highest BCUT2D eigenvalue weighted by atomic mass is 32.2. The number of aliphatic hydroxyl groups excluding tert-OH is 1. The van der Waals surface area contributed by atoms with E-state index < -0.39 is 22.0 Å². The molecule has 1 rings (SSSR count). The Kier molecular flexibility index (Phi) is 6.08.